The third-order valence-corrected chi connectivity index (χ3v) is 3.29. The maximum atomic E-state index is 12.7. The van der Waals surface area contributed by atoms with E-state index >= 15 is 0 Å². The lowest BCUT2D eigenvalue weighted by molar-refractivity contribution is 0.140. The molecule has 124 valence electrons. The fourth-order valence-corrected chi connectivity index (χ4v) is 2.22. The summed E-state index contributed by atoms with van der Waals surface area (Å²) in [4.78, 5) is 12.1. The summed E-state index contributed by atoms with van der Waals surface area (Å²) in [5, 5.41) is 3.71. The smallest absolute Gasteiger partial charge is 0.323 e. The molecule has 3 heterocycles. The van der Waals surface area contributed by atoms with E-state index in [1.807, 2.05) is 0 Å². The molecule has 0 spiro atoms. The van der Waals surface area contributed by atoms with Crippen LogP contribution in [0.4, 0.5) is 8.78 Å². The van der Waals surface area contributed by atoms with Gasteiger partial charge in [-0.2, -0.15) is 0 Å². The highest BCUT2D eigenvalue weighted by Gasteiger charge is 2.21. The monoisotopic (exact) mass is 352 g/mol. The van der Waals surface area contributed by atoms with E-state index in [0.29, 0.717) is 16.3 Å². The van der Waals surface area contributed by atoms with E-state index in [2.05, 4.69) is 20.1 Å². The normalized spacial score (nSPS) is 11.1. The summed E-state index contributed by atoms with van der Waals surface area (Å²) in [6.45, 7) is 3.56. The molecule has 0 aliphatic rings. The first kappa shape index (κ1) is 16.3. The van der Waals surface area contributed by atoms with Gasteiger partial charge in [0.05, 0.1) is 23.0 Å². The van der Waals surface area contributed by atoms with Gasteiger partial charge in [0.15, 0.2) is 5.76 Å². The Morgan fingerprint density at radius 3 is 2.50 bits per heavy atom. The molecule has 3 aromatic heterocycles. The highest BCUT2D eigenvalue weighted by molar-refractivity contribution is 6.30. The standard InChI is InChI=1S/C15H11ClF2N4O2/c1-7-3-8(2)21-14(23-15-19-5-9(16)6-20-15)12(7)11-4-10(13(17)18)22-24-11/h3-6,13H,1-2H3. The summed E-state index contributed by atoms with van der Waals surface area (Å²) in [5.41, 5.74) is 1.34. The van der Waals surface area contributed by atoms with Gasteiger partial charge >= 0.3 is 6.01 Å². The molecule has 0 amide bonds. The molecular weight excluding hydrogens is 342 g/mol. The minimum atomic E-state index is -2.73. The fraction of sp³-hybridized carbons (Fsp3) is 0.200. The Labute approximate surface area is 140 Å². The maximum Gasteiger partial charge on any atom is 0.323 e. The molecule has 0 radical (unpaired) electrons. The van der Waals surface area contributed by atoms with Crippen molar-refractivity contribution < 1.29 is 18.0 Å². The van der Waals surface area contributed by atoms with Crippen LogP contribution in [0.2, 0.25) is 5.02 Å². The van der Waals surface area contributed by atoms with E-state index < -0.39 is 12.1 Å². The average molecular weight is 353 g/mol. The molecule has 0 unspecified atom stereocenters. The summed E-state index contributed by atoms with van der Waals surface area (Å²) in [6, 6.07) is 2.95. The van der Waals surface area contributed by atoms with Crippen molar-refractivity contribution >= 4 is 11.6 Å². The predicted molar refractivity (Wildman–Crippen MR) is 81.3 cm³/mol. The van der Waals surface area contributed by atoms with Crippen LogP contribution in [0.15, 0.2) is 29.0 Å². The Balaban J connectivity index is 2.05. The van der Waals surface area contributed by atoms with E-state index in [9.17, 15) is 8.78 Å². The Hall–Kier alpha value is -2.61. The SMILES string of the molecule is Cc1cc(C)c(-c2cc(C(F)F)no2)c(Oc2ncc(Cl)cn2)n1. The van der Waals surface area contributed by atoms with Gasteiger partial charge in [-0.05, 0) is 25.5 Å². The number of hydrogen-bond donors (Lipinski definition) is 0. The first-order chi connectivity index (χ1) is 11.4. The van der Waals surface area contributed by atoms with Gasteiger partial charge in [0, 0.05) is 11.8 Å². The molecule has 9 heteroatoms. The zero-order valence-electron chi connectivity index (χ0n) is 12.6. The molecule has 0 N–H and O–H groups in total. The van der Waals surface area contributed by atoms with Crippen molar-refractivity contribution in [2.75, 3.05) is 0 Å². The van der Waals surface area contributed by atoms with E-state index in [1.165, 1.54) is 12.4 Å². The van der Waals surface area contributed by atoms with Gasteiger partial charge in [-0.3, -0.25) is 0 Å². The third kappa shape index (κ3) is 3.33. The molecular formula is C15H11ClF2N4O2. The van der Waals surface area contributed by atoms with E-state index in [-0.39, 0.29) is 17.7 Å². The van der Waals surface area contributed by atoms with E-state index in [1.54, 1.807) is 19.9 Å². The Morgan fingerprint density at radius 1 is 1.17 bits per heavy atom. The number of aryl methyl sites for hydroxylation is 2. The van der Waals surface area contributed by atoms with Crippen LogP contribution in [0.25, 0.3) is 11.3 Å². The number of pyridine rings is 1. The number of ether oxygens (including phenoxy) is 1. The number of alkyl halides is 2. The van der Waals surface area contributed by atoms with Crippen molar-refractivity contribution in [3.8, 4) is 23.2 Å². The van der Waals surface area contributed by atoms with E-state index in [4.69, 9.17) is 20.9 Å². The highest BCUT2D eigenvalue weighted by Crippen LogP contribution is 2.35. The third-order valence-electron chi connectivity index (χ3n) is 3.09. The second-order valence-electron chi connectivity index (χ2n) is 4.96. The fourth-order valence-electron chi connectivity index (χ4n) is 2.13. The average Bonchev–Trinajstić information content (AvgIpc) is 2.99. The summed E-state index contributed by atoms with van der Waals surface area (Å²) < 4.78 is 36.1. The van der Waals surface area contributed by atoms with Crippen LogP contribution in [0.1, 0.15) is 23.4 Å². The van der Waals surface area contributed by atoms with Crippen molar-refractivity contribution in [1.29, 1.82) is 0 Å². The molecule has 0 fully saturated rings. The summed E-state index contributed by atoms with van der Waals surface area (Å²) in [7, 11) is 0. The number of rotatable bonds is 4. The van der Waals surface area contributed by atoms with Gasteiger partial charge < -0.3 is 9.26 Å². The molecule has 0 bridgehead atoms. The van der Waals surface area contributed by atoms with Gasteiger partial charge in [0.2, 0.25) is 5.88 Å². The first-order valence-corrected chi connectivity index (χ1v) is 7.20. The van der Waals surface area contributed by atoms with Crippen molar-refractivity contribution in [2.24, 2.45) is 0 Å². The summed E-state index contributed by atoms with van der Waals surface area (Å²) in [6.07, 6.45) is 0.00989. The predicted octanol–water partition coefficient (Wildman–Crippen LogP) is 4.53. The lowest BCUT2D eigenvalue weighted by Crippen LogP contribution is -1.98. The van der Waals surface area contributed by atoms with Gasteiger partial charge in [-0.25, -0.2) is 23.7 Å². The van der Waals surface area contributed by atoms with Crippen LogP contribution in [0.3, 0.4) is 0 Å². The first-order valence-electron chi connectivity index (χ1n) is 6.83. The van der Waals surface area contributed by atoms with Crippen LogP contribution >= 0.6 is 11.6 Å². The van der Waals surface area contributed by atoms with Crippen LogP contribution in [0.5, 0.6) is 11.9 Å². The van der Waals surface area contributed by atoms with Crippen LogP contribution in [-0.4, -0.2) is 20.1 Å². The Morgan fingerprint density at radius 2 is 1.88 bits per heavy atom. The van der Waals surface area contributed by atoms with Gasteiger partial charge in [-0.1, -0.05) is 16.8 Å². The maximum absolute atomic E-state index is 12.7. The number of hydrogen-bond acceptors (Lipinski definition) is 6. The number of aromatic nitrogens is 4. The highest BCUT2D eigenvalue weighted by atomic mass is 35.5. The van der Waals surface area contributed by atoms with Crippen LogP contribution < -0.4 is 4.74 Å². The van der Waals surface area contributed by atoms with Gasteiger partial charge in [0.25, 0.3) is 6.43 Å². The molecule has 0 aliphatic heterocycles. The lowest BCUT2D eigenvalue weighted by Gasteiger charge is -2.10. The molecule has 6 nitrogen and oxygen atoms in total. The van der Waals surface area contributed by atoms with Crippen LogP contribution in [-0.2, 0) is 0 Å². The Bertz CT molecular complexity index is 868. The molecule has 3 rings (SSSR count). The second kappa shape index (κ2) is 6.48. The topological polar surface area (TPSA) is 73.9 Å². The molecule has 0 saturated carbocycles. The van der Waals surface area contributed by atoms with Crippen molar-refractivity contribution in [3.63, 3.8) is 0 Å². The lowest BCUT2D eigenvalue weighted by atomic mass is 10.1. The van der Waals surface area contributed by atoms with Crippen molar-refractivity contribution in [2.45, 2.75) is 20.3 Å². The van der Waals surface area contributed by atoms with Crippen molar-refractivity contribution in [1.82, 2.24) is 20.1 Å². The molecule has 3 aromatic rings. The zero-order chi connectivity index (χ0) is 17.3. The second-order valence-corrected chi connectivity index (χ2v) is 5.40. The number of nitrogens with zero attached hydrogens (tertiary/aromatic N) is 4. The van der Waals surface area contributed by atoms with Gasteiger partial charge in [-0.15, -0.1) is 0 Å². The largest absolute Gasteiger partial charge is 0.404 e. The van der Waals surface area contributed by atoms with E-state index in [0.717, 1.165) is 11.6 Å². The van der Waals surface area contributed by atoms with Crippen molar-refractivity contribution in [3.05, 3.63) is 46.5 Å². The minimum Gasteiger partial charge on any atom is -0.404 e. The quantitative estimate of drug-likeness (QED) is 0.687. The van der Waals surface area contributed by atoms with Gasteiger partial charge in [0.1, 0.15) is 5.69 Å². The summed E-state index contributed by atoms with van der Waals surface area (Å²) >= 11 is 5.73. The minimum absolute atomic E-state index is 0.0201. The molecule has 24 heavy (non-hydrogen) atoms. The molecule has 0 aliphatic carbocycles. The number of halogens is 3. The summed E-state index contributed by atoms with van der Waals surface area (Å²) in [5.74, 6) is 0.256. The Kier molecular flexibility index (Phi) is 4.39. The molecule has 0 aromatic carbocycles. The molecule has 0 atom stereocenters. The van der Waals surface area contributed by atoms with Crippen LogP contribution in [0, 0.1) is 13.8 Å². The zero-order valence-corrected chi connectivity index (χ0v) is 13.4. The molecule has 0 saturated heterocycles.